The van der Waals surface area contributed by atoms with E-state index in [-0.39, 0.29) is 18.8 Å². The Bertz CT molecular complexity index is 753. The molecule has 1 heterocycles. The van der Waals surface area contributed by atoms with Crippen LogP contribution in [0.3, 0.4) is 0 Å². The number of carboxylic acids is 1. The first-order chi connectivity index (χ1) is 13.0. The van der Waals surface area contributed by atoms with E-state index in [9.17, 15) is 19.4 Å². The largest absolute Gasteiger partial charge is 0.492 e. The first kappa shape index (κ1) is 19.3. The molecular formula is C21H24FNO4. The number of ether oxygens (including phenoxy) is 1. The number of halogens is 1. The second-order valence-electron chi connectivity index (χ2n) is 7.01. The summed E-state index contributed by atoms with van der Waals surface area (Å²) in [6.45, 7) is 1.76. The molecule has 2 aromatic rings. The average molecular weight is 373 g/mol. The number of piperidine rings is 1. The van der Waals surface area contributed by atoms with Gasteiger partial charge in [-0.25, -0.2) is 4.39 Å². The van der Waals surface area contributed by atoms with E-state index in [4.69, 9.17) is 4.74 Å². The van der Waals surface area contributed by atoms with Crippen LogP contribution in [0.25, 0.3) is 0 Å². The second-order valence-corrected chi connectivity index (χ2v) is 7.01. The molecule has 0 spiro atoms. The third-order valence-corrected chi connectivity index (χ3v) is 5.14. The summed E-state index contributed by atoms with van der Waals surface area (Å²) in [5.41, 5.74) is -0.349. The smallest absolute Gasteiger partial charge is 0.313 e. The highest BCUT2D eigenvalue weighted by Gasteiger charge is 2.49. The zero-order valence-corrected chi connectivity index (χ0v) is 15.1. The number of aliphatic hydroxyl groups excluding tert-OH is 1. The van der Waals surface area contributed by atoms with E-state index in [1.165, 1.54) is 12.1 Å². The predicted octanol–water partition coefficient (Wildman–Crippen LogP) is 2.58. The molecule has 0 saturated carbocycles. The van der Waals surface area contributed by atoms with Crippen molar-refractivity contribution in [2.24, 2.45) is 5.41 Å². The van der Waals surface area contributed by atoms with E-state index in [1.54, 1.807) is 12.1 Å². The van der Waals surface area contributed by atoms with E-state index in [0.717, 1.165) is 5.56 Å². The maximum atomic E-state index is 12.9. The molecule has 0 aliphatic carbocycles. The summed E-state index contributed by atoms with van der Waals surface area (Å²) in [6, 6.07) is 15.2. The minimum atomic E-state index is -1.24. The van der Waals surface area contributed by atoms with E-state index in [0.29, 0.717) is 31.9 Å². The lowest BCUT2D eigenvalue weighted by Gasteiger charge is -2.43. The zero-order chi connectivity index (χ0) is 19.3. The van der Waals surface area contributed by atoms with E-state index < -0.39 is 17.5 Å². The SMILES string of the molecule is O=C(O)[C@@]1(Cc2ccccc2)CN(CCOc2ccc(F)cc2)CC[C@@H]1O. The van der Waals surface area contributed by atoms with Crippen LogP contribution >= 0.6 is 0 Å². The Morgan fingerprint density at radius 1 is 1.19 bits per heavy atom. The monoisotopic (exact) mass is 373 g/mol. The summed E-state index contributed by atoms with van der Waals surface area (Å²) >= 11 is 0. The summed E-state index contributed by atoms with van der Waals surface area (Å²) in [5, 5.41) is 20.4. The molecule has 6 heteroatoms. The molecule has 0 radical (unpaired) electrons. The van der Waals surface area contributed by atoms with Crippen LogP contribution in [0.2, 0.25) is 0 Å². The minimum absolute atomic E-state index is 0.255. The van der Waals surface area contributed by atoms with Crippen LogP contribution in [0.5, 0.6) is 5.75 Å². The number of benzene rings is 2. The maximum absolute atomic E-state index is 12.9. The van der Waals surface area contributed by atoms with E-state index >= 15 is 0 Å². The molecule has 3 rings (SSSR count). The van der Waals surface area contributed by atoms with Gasteiger partial charge >= 0.3 is 5.97 Å². The molecule has 1 fully saturated rings. The predicted molar refractivity (Wildman–Crippen MR) is 99.2 cm³/mol. The Kier molecular flexibility index (Phi) is 6.08. The molecule has 0 bridgehead atoms. The number of rotatable bonds is 7. The van der Waals surface area contributed by atoms with Gasteiger partial charge < -0.3 is 14.9 Å². The maximum Gasteiger partial charge on any atom is 0.313 e. The van der Waals surface area contributed by atoms with Gasteiger partial charge in [0.1, 0.15) is 23.6 Å². The lowest BCUT2D eigenvalue weighted by molar-refractivity contribution is -0.163. The molecule has 1 aliphatic heterocycles. The van der Waals surface area contributed by atoms with Crippen LogP contribution < -0.4 is 4.74 Å². The highest BCUT2D eigenvalue weighted by atomic mass is 19.1. The van der Waals surface area contributed by atoms with Gasteiger partial charge in [0.2, 0.25) is 0 Å². The van der Waals surface area contributed by atoms with Crippen molar-refractivity contribution >= 4 is 5.97 Å². The van der Waals surface area contributed by atoms with Gasteiger partial charge in [-0.3, -0.25) is 9.69 Å². The molecule has 5 nitrogen and oxygen atoms in total. The van der Waals surface area contributed by atoms with Gasteiger partial charge in [0.25, 0.3) is 0 Å². The van der Waals surface area contributed by atoms with E-state index in [2.05, 4.69) is 0 Å². The van der Waals surface area contributed by atoms with Crippen molar-refractivity contribution in [3.8, 4) is 5.75 Å². The van der Waals surface area contributed by atoms with Crippen molar-refractivity contribution in [2.45, 2.75) is 18.9 Å². The third-order valence-electron chi connectivity index (χ3n) is 5.14. The van der Waals surface area contributed by atoms with Crippen molar-refractivity contribution in [1.29, 1.82) is 0 Å². The van der Waals surface area contributed by atoms with Crippen molar-refractivity contribution in [3.05, 3.63) is 66.0 Å². The zero-order valence-electron chi connectivity index (χ0n) is 15.1. The Morgan fingerprint density at radius 2 is 1.89 bits per heavy atom. The number of hydrogen-bond donors (Lipinski definition) is 2. The Hall–Kier alpha value is -2.44. The number of aliphatic carboxylic acids is 1. The van der Waals surface area contributed by atoms with Crippen LogP contribution in [0, 0.1) is 11.2 Å². The van der Waals surface area contributed by atoms with Crippen molar-refractivity contribution in [1.82, 2.24) is 4.90 Å². The fourth-order valence-electron chi connectivity index (χ4n) is 3.60. The number of nitrogens with zero attached hydrogens (tertiary/aromatic N) is 1. The molecule has 27 heavy (non-hydrogen) atoms. The summed E-state index contributed by atoms with van der Waals surface area (Å²) < 4.78 is 18.6. The number of hydrogen-bond acceptors (Lipinski definition) is 4. The molecule has 2 atom stereocenters. The molecule has 1 aliphatic rings. The number of aliphatic hydroxyl groups is 1. The van der Waals surface area contributed by atoms with Gasteiger partial charge in [-0.15, -0.1) is 0 Å². The Morgan fingerprint density at radius 3 is 2.56 bits per heavy atom. The normalized spacial score (nSPS) is 23.1. The Labute approximate surface area is 158 Å². The van der Waals surface area contributed by atoms with Crippen LogP contribution in [-0.2, 0) is 11.2 Å². The van der Waals surface area contributed by atoms with Gasteiger partial charge in [-0.1, -0.05) is 30.3 Å². The van der Waals surface area contributed by atoms with Gasteiger partial charge in [-0.05, 0) is 42.7 Å². The molecule has 144 valence electrons. The van der Waals surface area contributed by atoms with Gasteiger partial charge in [0.05, 0.1) is 6.10 Å². The van der Waals surface area contributed by atoms with Crippen LogP contribution in [0.1, 0.15) is 12.0 Å². The van der Waals surface area contributed by atoms with Crippen molar-refractivity contribution in [2.75, 3.05) is 26.2 Å². The number of carbonyl (C=O) groups is 1. The first-order valence-corrected chi connectivity index (χ1v) is 9.06. The van der Waals surface area contributed by atoms with Crippen LogP contribution in [-0.4, -0.2) is 53.4 Å². The Balaban J connectivity index is 1.64. The van der Waals surface area contributed by atoms with Crippen molar-refractivity contribution in [3.63, 3.8) is 0 Å². The molecule has 0 unspecified atom stereocenters. The molecule has 0 amide bonds. The highest BCUT2D eigenvalue weighted by Crippen LogP contribution is 2.34. The van der Waals surface area contributed by atoms with Crippen LogP contribution in [0.4, 0.5) is 4.39 Å². The fourth-order valence-corrected chi connectivity index (χ4v) is 3.60. The lowest BCUT2D eigenvalue weighted by Crippen LogP contribution is -2.57. The van der Waals surface area contributed by atoms with Crippen molar-refractivity contribution < 1.29 is 24.1 Å². The van der Waals surface area contributed by atoms with Crippen LogP contribution in [0.15, 0.2) is 54.6 Å². The molecule has 1 saturated heterocycles. The summed E-state index contributed by atoms with van der Waals surface area (Å²) in [7, 11) is 0. The highest BCUT2D eigenvalue weighted by molar-refractivity contribution is 5.76. The van der Waals surface area contributed by atoms with Gasteiger partial charge in [0.15, 0.2) is 0 Å². The number of carboxylic acid groups (broad SMARTS) is 1. The number of likely N-dealkylation sites (tertiary alicyclic amines) is 1. The van der Waals surface area contributed by atoms with E-state index in [1.807, 2.05) is 35.2 Å². The second kappa shape index (κ2) is 8.50. The standard InChI is InChI=1S/C21H24FNO4/c22-17-6-8-18(9-7-17)27-13-12-23-11-10-19(24)21(15-23,20(25)26)14-16-4-2-1-3-5-16/h1-9,19,24H,10-15H2,(H,25,26)/t19-,21-/m0/s1. The topological polar surface area (TPSA) is 70.0 Å². The minimum Gasteiger partial charge on any atom is -0.492 e. The summed E-state index contributed by atoms with van der Waals surface area (Å²) in [4.78, 5) is 14.1. The molecule has 0 aromatic heterocycles. The lowest BCUT2D eigenvalue weighted by atomic mass is 9.73. The molecule has 2 N–H and O–H groups in total. The average Bonchev–Trinajstić information content (AvgIpc) is 2.66. The van der Waals surface area contributed by atoms with Gasteiger partial charge in [0, 0.05) is 19.6 Å². The third kappa shape index (κ3) is 4.64. The summed E-state index contributed by atoms with van der Waals surface area (Å²) in [5.74, 6) is -0.732. The fraction of sp³-hybridized carbons (Fsp3) is 0.381. The first-order valence-electron chi connectivity index (χ1n) is 9.06. The quantitative estimate of drug-likeness (QED) is 0.781. The van der Waals surface area contributed by atoms with Gasteiger partial charge in [-0.2, -0.15) is 0 Å². The summed E-state index contributed by atoms with van der Waals surface area (Å²) in [6.07, 6.45) is -0.223. The molecular weight excluding hydrogens is 349 g/mol. The molecule has 2 aromatic carbocycles.